The van der Waals surface area contributed by atoms with Crippen molar-refractivity contribution in [2.45, 2.75) is 26.7 Å². The molecule has 1 rings (SSSR count). The Hall–Kier alpha value is -2.02. The summed E-state index contributed by atoms with van der Waals surface area (Å²) < 4.78 is 5.51. The quantitative estimate of drug-likeness (QED) is 0.766. The van der Waals surface area contributed by atoms with E-state index in [9.17, 15) is 4.79 Å². The summed E-state index contributed by atoms with van der Waals surface area (Å²) in [6.07, 6.45) is 1.22. The van der Waals surface area contributed by atoms with Gasteiger partial charge in [-0.1, -0.05) is 25.1 Å². The predicted molar refractivity (Wildman–Crippen MR) is 73.6 cm³/mol. The number of amides is 1. The molecular formula is C15H20N2O2. The van der Waals surface area contributed by atoms with Gasteiger partial charge in [-0.25, -0.2) is 0 Å². The van der Waals surface area contributed by atoms with E-state index in [0.717, 1.165) is 5.75 Å². The number of nitriles is 1. The zero-order chi connectivity index (χ0) is 14.1. The monoisotopic (exact) mass is 260 g/mol. The average Bonchev–Trinajstić information content (AvgIpc) is 2.47. The molecule has 1 aromatic rings. The van der Waals surface area contributed by atoms with Crippen LogP contribution in [0.25, 0.3) is 0 Å². The Labute approximate surface area is 114 Å². The van der Waals surface area contributed by atoms with Crippen LogP contribution in [0.5, 0.6) is 5.75 Å². The highest BCUT2D eigenvalue weighted by Crippen LogP contribution is 2.19. The Morgan fingerprint density at radius 3 is 2.68 bits per heavy atom. The Morgan fingerprint density at radius 1 is 1.42 bits per heavy atom. The van der Waals surface area contributed by atoms with Crippen LogP contribution in [0.15, 0.2) is 30.3 Å². The Kier molecular flexibility index (Phi) is 5.87. The molecule has 0 saturated heterocycles. The summed E-state index contributed by atoms with van der Waals surface area (Å²) in [5.74, 6) is 0.612. The lowest BCUT2D eigenvalue weighted by atomic mass is 9.88. The van der Waals surface area contributed by atoms with Crippen molar-refractivity contribution < 1.29 is 9.53 Å². The van der Waals surface area contributed by atoms with Crippen molar-refractivity contribution in [1.82, 2.24) is 5.32 Å². The Morgan fingerprint density at radius 2 is 2.11 bits per heavy atom. The molecular weight excluding hydrogens is 240 g/mol. The van der Waals surface area contributed by atoms with Crippen LogP contribution in [0, 0.1) is 16.7 Å². The maximum Gasteiger partial charge on any atom is 0.240 e. The molecule has 0 heterocycles. The molecule has 0 spiro atoms. The van der Waals surface area contributed by atoms with Crippen LogP contribution in [0.4, 0.5) is 0 Å². The zero-order valence-electron chi connectivity index (χ0n) is 11.5. The fourth-order valence-electron chi connectivity index (χ4n) is 1.47. The van der Waals surface area contributed by atoms with Gasteiger partial charge in [0.05, 0.1) is 12.7 Å². The van der Waals surface area contributed by atoms with E-state index in [1.54, 1.807) is 6.92 Å². The molecule has 0 aromatic heterocycles. The van der Waals surface area contributed by atoms with Gasteiger partial charge in [-0.05, 0) is 31.9 Å². The van der Waals surface area contributed by atoms with Gasteiger partial charge in [0.2, 0.25) is 5.91 Å². The van der Waals surface area contributed by atoms with Crippen LogP contribution in [0.2, 0.25) is 0 Å². The maximum atomic E-state index is 11.8. The third kappa shape index (κ3) is 4.63. The van der Waals surface area contributed by atoms with Gasteiger partial charge >= 0.3 is 0 Å². The molecule has 102 valence electrons. The molecule has 4 heteroatoms. The first-order chi connectivity index (χ1) is 9.12. The molecule has 1 atom stereocenters. The van der Waals surface area contributed by atoms with Crippen molar-refractivity contribution in [3.05, 3.63) is 30.3 Å². The van der Waals surface area contributed by atoms with Crippen molar-refractivity contribution in [3.63, 3.8) is 0 Å². The standard InChI is InChI=1S/C15H20N2O2/c1-3-15(2,12-16)14(18)17-10-7-11-19-13-8-5-4-6-9-13/h4-6,8-9H,3,7,10-11H2,1-2H3,(H,17,18). The van der Waals surface area contributed by atoms with E-state index in [1.807, 2.05) is 37.3 Å². The number of carbonyl (C=O) groups excluding carboxylic acids is 1. The Bertz CT molecular complexity index is 439. The van der Waals surface area contributed by atoms with Gasteiger partial charge in [-0.3, -0.25) is 4.79 Å². The average molecular weight is 260 g/mol. The van der Waals surface area contributed by atoms with Crippen molar-refractivity contribution >= 4 is 5.91 Å². The van der Waals surface area contributed by atoms with Crippen molar-refractivity contribution in [2.24, 2.45) is 5.41 Å². The summed E-state index contributed by atoms with van der Waals surface area (Å²) >= 11 is 0. The molecule has 0 aliphatic carbocycles. The highest BCUT2D eigenvalue weighted by atomic mass is 16.5. The number of rotatable bonds is 7. The molecule has 0 bridgehead atoms. The fourth-order valence-corrected chi connectivity index (χ4v) is 1.47. The minimum Gasteiger partial charge on any atom is -0.494 e. The molecule has 1 aromatic carbocycles. The number of para-hydroxylation sites is 1. The van der Waals surface area contributed by atoms with Gasteiger partial charge in [-0.15, -0.1) is 0 Å². The topological polar surface area (TPSA) is 62.1 Å². The third-order valence-corrected chi connectivity index (χ3v) is 3.07. The molecule has 0 saturated carbocycles. The normalized spacial score (nSPS) is 13.1. The number of nitrogens with one attached hydrogen (secondary N) is 1. The molecule has 0 fully saturated rings. The largest absolute Gasteiger partial charge is 0.494 e. The highest BCUT2D eigenvalue weighted by Gasteiger charge is 2.30. The van der Waals surface area contributed by atoms with E-state index in [2.05, 4.69) is 11.4 Å². The summed E-state index contributed by atoms with van der Waals surface area (Å²) in [4.78, 5) is 11.8. The van der Waals surface area contributed by atoms with E-state index in [1.165, 1.54) is 0 Å². The van der Waals surface area contributed by atoms with Crippen LogP contribution < -0.4 is 10.1 Å². The van der Waals surface area contributed by atoms with Gasteiger partial charge in [0, 0.05) is 6.54 Å². The highest BCUT2D eigenvalue weighted by molar-refractivity contribution is 5.84. The third-order valence-electron chi connectivity index (χ3n) is 3.07. The summed E-state index contributed by atoms with van der Waals surface area (Å²) in [7, 11) is 0. The smallest absolute Gasteiger partial charge is 0.240 e. The first-order valence-electron chi connectivity index (χ1n) is 6.50. The second kappa shape index (κ2) is 7.42. The number of ether oxygens (including phenoxy) is 1. The number of carbonyl (C=O) groups is 1. The molecule has 1 amide bonds. The SMILES string of the molecule is CCC(C)(C#N)C(=O)NCCCOc1ccccc1. The lowest BCUT2D eigenvalue weighted by Crippen LogP contribution is -2.38. The second-order valence-corrected chi connectivity index (χ2v) is 4.57. The molecule has 1 unspecified atom stereocenters. The molecule has 0 aliphatic heterocycles. The molecule has 19 heavy (non-hydrogen) atoms. The number of benzene rings is 1. The number of nitrogens with zero attached hydrogens (tertiary/aromatic N) is 1. The maximum absolute atomic E-state index is 11.8. The van der Waals surface area contributed by atoms with Gasteiger partial charge in [0.25, 0.3) is 0 Å². The van der Waals surface area contributed by atoms with Crippen molar-refractivity contribution in [2.75, 3.05) is 13.2 Å². The summed E-state index contributed by atoms with van der Waals surface area (Å²) in [5.41, 5.74) is -0.930. The zero-order valence-corrected chi connectivity index (χ0v) is 11.5. The van der Waals surface area contributed by atoms with Crippen LogP contribution in [0.3, 0.4) is 0 Å². The van der Waals surface area contributed by atoms with E-state index in [0.29, 0.717) is 26.0 Å². The van der Waals surface area contributed by atoms with E-state index in [4.69, 9.17) is 10.00 Å². The predicted octanol–water partition coefficient (Wildman–Crippen LogP) is 2.51. The number of hydrogen-bond acceptors (Lipinski definition) is 3. The first kappa shape index (κ1) is 15.0. The van der Waals surface area contributed by atoms with Crippen LogP contribution in [-0.2, 0) is 4.79 Å². The summed E-state index contributed by atoms with van der Waals surface area (Å²) in [5, 5.41) is 11.7. The van der Waals surface area contributed by atoms with Gasteiger partial charge in [-0.2, -0.15) is 5.26 Å². The van der Waals surface area contributed by atoms with E-state index < -0.39 is 5.41 Å². The van der Waals surface area contributed by atoms with E-state index >= 15 is 0 Å². The summed E-state index contributed by atoms with van der Waals surface area (Å²) in [6.45, 7) is 4.55. The Balaban J connectivity index is 2.21. The van der Waals surface area contributed by atoms with Gasteiger partial charge < -0.3 is 10.1 Å². The minimum absolute atomic E-state index is 0.211. The minimum atomic E-state index is -0.930. The number of hydrogen-bond donors (Lipinski definition) is 1. The van der Waals surface area contributed by atoms with Crippen LogP contribution in [0.1, 0.15) is 26.7 Å². The van der Waals surface area contributed by atoms with E-state index in [-0.39, 0.29) is 5.91 Å². The van der Waals surface area contributed by atoms with Crippen LogP contribution >= 0.6 is 0 Å². The molecule has 0 radical (unpaired) electrons. The fraction of sp³-hybridized carbons (Fsp3) is 0.467. The second-order valence-electron chi connectivity index (χ2n) is 4.57. The lowest BCUT2D eigenvalue weighted by molar-refractivity contribution is -0.127. The first-order valence-corrected chi connectivity index (χ1v) is 6.50. The molecule has 1 N–H and O–H groups in total. The summed E-state index contributed by atoms with van der Waals surface area (Å²) in [6, 6.07) is 11.6. The van der Waals surface area contributed by atoms with Gasteiger partial charge in [0.15, 0.2) is 0 Å². The molecule has 4 nitrogen and oxygen atoms in total. The lowest BCUT2D eigenvalue weighted by Gasteiger charge is -2.18. The van der Waals surface area contributed by atoms with Crippen LogP contribution in [-0.4, -0.2) is 19.1 Å². The van der Waals surface area contributed by atoms with Crippen molar-refractivity contribution in [3.8, 4) is 11.8 Å². The van der Waals surface area contributed by atoms with Gasteiger partial charge in [0.1, 0.15) is 11.2 Å². The molecule has 0 aliphatic rings. The van der Waals surface area contributed by atoms with Crippen molar-refractivity contribution in [1.29, 1.82) is 5.26 Å².